The number of benzene rings is 1. The van der Waals surface area contributed by atoms with Gasteiger partial charge in [0.05, 0.1) is 17.0 Å². The average molecular weight is 414 g/mol. The van der Waals surface area contributed by atoms with Crippen LogP contribution in [-0.4, -0.2) is 27.6 Å². The van der Waals surface area contributed by atoms with Crippen LogP contribution in [0, 0.1) is 15.9 Å². The third kappa shape index (κ3) is 4.61. The number of halogens is 1. The second kappa shape index (κ2) is 9.02. The van der Waals surface area contributed by atoms with Gasteiger partial charge in [0, 0.05) is 29.4 Å². The van der Waals surface area contributed by atoms with Crippen LogP contribution in [0.1, 0.15) is 5.56 Å². The Morgan fingerprint density at radius 1 is 1.34 bits per heavy atom. The molecule has 29 heavy (non-hydrogen) atoms. The van der Waals surface area contributed by atoms with Crippen LogP contribution in [0.3, 0.4) is 0 Å². The van der Waals surface area contributed by atoms with E-state index in [-0.39, 0.29) is 18.0 Å². The molecule has 0 atom stereocenters. The monoisotopic (exact) mass is 414 g/mol. The molecule has 0 aliphatic heterocycles. The zero-order valence-electron chi connectivity index (χ0n) is 15.0. The third-order valence-electron chi connectivity index (χ3n) is 3.85. The number of pyridine rings is 1. The van der Waals surface area contributed by atoms with Crippen LogP contribution in [0.4, 0.5) is 20.7 Å². The van der Waals surface area contributed by atoms with E-state index in [1.165, 1.54) is 29.5 Å². The lowest BCUT2D eigenvalue weighted by Crippen LogP contribution is -2.32. The van der Waals surface area contributed by atoms with Gasteiger partial charge in [0.2, 0.25) is 0 Å². The quantitative estimate of drug-likeness (QED) is 0.319. The number of hydrogen-bond acceptors (Lipinski definition) is 7. The number of nitro groups is 1. The molecule has 10 heteroatoms. The summed E-state index contributed by atoms with van der Waals surface area (Å²) in [6.45, 7) is 2.99. The molecule has 1 amide bonds. The van der Waals surface area contributed by atoms with Crippen LogP contribution >= 0.6 is 11.3 Å². The molecule has 0 radical (unpaired) electrons. The summed E-state index contributed by atoms with van der Waals surface area (Å²) in [7, 11) is 0. The van der Waals surface area contributed by atoms with Crippen LogP contribution in [0.5, 0.6) is 0 Å². The van der Waals surface area contributed by atoms with E-state index < -0.39 is 29.1 Å². The molecule has 0 fully saturated rings. The van der Waals surface area contributed by atoms with Gasteiger partial charge in [0.25, 0.3) is 5.69 Å². The zero-order chi connectivity index (χ0) is 20.8. The number of anilines is 1. The Balaban J connectivity index is 1.99. The number of ether oxygens (including phenoxy) is 1. The molecule has 2 heterocycles. The first-order valence-electron chi connectivity index (χ1n) is 8.34. The molecule has 3 rings (SSSR count). The molecule has 2 aromatic heterocycles. The molecular weight excluding hydrogens is 399 g/mol. The van der Waals surface area contributed by atoms with Crippen molar-refractivity contribution in [2.24, 2.45) is 0 Å². The van der Waals surface area contributed by atoms with Crippen LogP contribution in [0.2, 0.25) is 0 Å². The normalized spacial score (nSPS) is 10.4. The van der Waals surface area contributed by atoms with Crippen molar-refractivity contribution in [1.29, 1.82) is 0 Å². The van der Waals surface area contributed by atoms with E-state index in [9.17, 15) is 19.3 Å². The molecule has 0 unspecified atom stereocenters. The predicted octanol–water partition coefficient (Wildman–Crippen LogP) is 4.58. The second-order valence-electron chi connectivity index (χ2n) is 5.69. The highest BCUT2D eigenvalue weighted by molar-refractivity contribution is 7.13. The Kier molecular flexibility index (Phi) is 6.25. The highest BCUT2D eigenvalue weighted by Crippen LogP contribution is 2.30. The Labute approximate surface area is 169 Å². The lowest BCUT2D eigenvalue weighted by Gasteiger charge is -2.20. The molecule has 0 aliphatic carbocycles. The summed E-state index contributed by atoms with van der Waals surface area (Å²) in [6, 6.07) is 7.02. The van der Waals surface area contributed by atoms with E-state index in [4.69, 9.17) is 4.74 Å². The minimum absolute atomic E-state index is 0.0734. The number of hydrogen-bond donors (Lipinski definition) is 0. The SMILES string of the molecule is C=CCOC(=O)N(Cc1c(F)cccc1[N+](=O)[O-])c1csc(-c2ccncc2)n1. The minimum atomic E-state index is -0.825. The van der Waals surface area contributed by atoms with Gasteiger partial charge in [0.15, 0.2) is 0 Å². The van der Waals surface area contributed by atoms with Crippen molar-refractivity contribution >= 4 is 28.9 Å². The van der Waals surface area contributed by atoms with Gasteiger partial charge in [-0.25, -0.2) is 14.2 Å². The third-order valence-corrected chi connectivity index (χ3v) is 4.73. The largest absolute Gasteiger partial charge is 0.445 e. The van der Waals surface area contributed by atoms with Crippen LogP contribution in [0.25, 0.3) is 10.6 Å². The molecule has 0 N–H and O–H groups in total. The summed E-state index contributed by atoms with van der Waals surface area (Å²) >= 11 is 1.26. The van der Waals surface area contributed by atoms with E-state index in [0.29, 0.717) is 5.01 Å². The highest BCUT2D eigenvalue weighted by Gasteiger charge is 2.27. The van der Waals surface area contributed by atoms with Crippen molar-refractivity contribution in [2.75, 3.05) is 11.5 Å². The Morgan fingerprint density at radius 2 is 2.10 bits per heavy atom. The van der Waals surface area contributed by atoms with E-state index in [0.717, 1.165) is 16.5 Å². The summed E-state index contributed by atoms with van der Waals surface area (Å²) < 4.78 is 19.4. The van der Waals surface area contributed by atoms with Crippen molar-refractivity contribution in [3.05, 3.63) is 82.3 Å². The van der Waals surface area contributed by atoms with Gasteiger partial charge in [0.1, 0.15) is 23.2 Å². The van der Waals surface area contributed by atoms with Crippen molar-refractivity contribution in [3.63, 3.8) is 0 Å². The standard InChI is InChI=1S/C19H15FN4O4S/c1-2-10-28-19(25)23(11-14-15(20)4-3-5-16(14)24(26)27)17-12-29-18(22-17)13-6-8-21-9-7-13/h2-9,12H,1,10-11H2. The zero-order valence-corrected chi connectivity index (χ0v) is 15.8. The first kappa shape index (κ1) is 20.1. The van der Waals surface area contributed by atoms with E-state index in [1.54, 1.807) is 29.9 Å². The minimum Gasteiger partial charge on any atom is -0.445 e. The number of nitro benzene ring substituents is 1. The van der Waals surface area contributed by atoms with E-state index in [1.807, 2.05) is 0 Å². The lowest BCUT2D eigenvalue weighted by molar-refractivity contribution is -0.385. The van der Waals surface area contributed by atoms with Crippen LogP contribution in [0.15, 0.2) is 60.8 Å². The van der Waals surface area contributed by atoms with Crippen molar-refractivity contribution < 1.29 is 18.8 Å². The lowest BCUT2D eigenvalue weighted by atomic mass is 10.1. The van der Waals surface area contributed by atoms with Gasteiger partial charge >= 0.3 is 6.09 Å². The number of nitrogens with zero attached hydrogens (tertiary/aromatic N) is 4. The predicted molar refractivity (Wildman–Crippen MR) is 106 cm³/mol. The molecule has 1 aromatic carbocycles. The maximum atomic E-state index is 14.3. The summed E-state index contributed by atoms with van der Waals surface area (Å²) in [5.74, 6) is -0.612. The number of rotatable bonds is 7. The van der Waals surface area contributed by atoms with E-state index in [2.05, 4.69) is 16.5 Å². The molecule has 0 saturated carbocycles. The molecule has 0 aliphatic rings. The fraction of sp³-hybridized carbons (Fsp3) is 0.105. The smallest absolute Gasteiger partial charge is 0.416 e. The van der Waals surface area contributed by atoms with Gasteiger partial charge in [-0.15, -0.1) is 11.3 Å². The van der Waals surface area contributed by atoms with Gasteiger partial charge in [-0.1, -0.05) is 18.7 Å². The molecule has 0 spiro atoms. The summed E-state index contributed by atoms with van der Waals surface area (Å²) in [6.07, 6.45) is 3.77. The maximum absolute atomic E-state index is 14.3. The van der Waals surface area contributed by atoms with Crippen molar-refractivity contribution in [1.82, 2.24) is 9.97 Å². The number of aromatic nitrogens is 2. The van der Waals surface area contributed by atoms with Gasteiger partial charge < -0.3 is 4.74 Å². The molecule has 8 nitrogen and oxygen atoms in total. The number of carbonyl (C=O) groups is 1. The number of thiazole rings is 1. The van der Waals surface area contributed by atoms with Crippen LogP contribution in [-0.2, 0) is 11.3 Å². The first-order chi connectivity index (χ1) is 14.0. The van der Waals surface area contributed by atoms with Gasteiger partial charge in [-0.3, -0.25) is 20.0 Å². The topological polar surface area (TPSA) is 98.5 Å². The van der Waals surface area contributed by atoms with Crippen LogP contribution < -0.4 is 4.90 Å². The van der Waals surface area contributed by atoms with Crippen molar-refractivity contribution in [3.8, 4) is 10.6 Å². The van der Waals surface area contributed by atoms with Gasteiger partial charge in [-0.05, 0) is 18.2 Å². The fourth-order valence-corrected chi connectivity index (χ4v) is 3.31. The molecule has 0 bridgehead atoms. The number of amides is 1. The Bertz CT molecular complexity index is 1040. The van der Waals surface area contributed by atoms with Crippen molar-refractivity contribution in [2.45, 2.75) is 6.54 Å². The van der Waals surface area contributed by atoms with E-state index >= 15 is 0 Å². The summed E-state index contributed by atoms with van der Waals surface area (Å²) in [4.78, 5) is 32.6. The molecule has 3 aromatic rings. The molecular formula is C19H15FN4O4S. The Morgan fingerprint density at radius 3 is 2.79 bits per heavy atom. The molecule has 0 saturated heterocycles. The summed E-state index contributed by atoms with van der Waals surface area (Å²) in [5, 5.41) is 13.5. The maximum Gasteiger partial charge on any atom is 0.416 e. The number of carbonyl (C=O) groups excluding carboxylic acids is 1. The Hall–Kier alpha value is -3.66. The molecule has 148 valence electrons. The first-order valence-corrected chi connectivity index (χ1v) is 9.22. The summed E-state index contributed by atoms with van der Waals surface area (Å²) in [5.41, 5.74) is 0.107. The fourth-order valence-electron chi connectivity index (χ4n) is 2.50. The highest BCUT2D eigenvalue weighted by atomic mass is 32.1. The van der Waals surface area contributed by atoms with Gasteiger partial charge in [-0.2, -0.15) is 0 Å². The second-order valence-corrected chi connectivity index (χ2v) is 6.55. The average Bonchev–Trinajstić information content (AvgIpc) is 3.21.